The Morgan fingerprint density at radius 1 is 1.14 bits per heavy atom. The molecule has 11 heteroatoms. The van der Waals surface area contributed by atoms with Gasteiger partial charge in [0, 0.05) is 6.07 Å². The molecule has 0 aliphatic carbocycles. The molecule has 1 heterocycles. The van der Waals surface area contributed by atoms with Crippen molar-refractivity contribution in [2.24, 2.45) is 0 Å². The number of nitro benzene ring substituents is 1. The van der Waals surface area contributed by atoms with Gasteiger partial charge in [0.05, 0.1) is 17.1 Å². The van der Waals surface area contributed by atoms with E-state index in [-0.39, 0.29) is 35.3 Å². The van der Waals surface area contributed by atoms with Crippen molar-refractivity contribution in [2.45, 2.75) is 13.1 Å². The molecule has 0 atom stereocenters. The van der Waals surface area contributed by atoms with Crippen LogP contribution in [0.4, 0.5) is 18.9 Å². The standard InChI is InChI=1S/C25H16F3N3O5/c1-2-34-23-12-15(11-16(14-29)24-30-18-5-3-4-6-20(18)36-24)7-9-22(23)35-21-10-8-17(25(26,27)28)13-19(21)31(32)33/h3-13H,2H2,1H3/b16-11+. The predicted octanol–water partition coefficient (Wildman–Crippen LogP) is 7.01. The summed E-state index contributed by atoms with van der Waals surface area (Å²) < 4.78 is 55.8. The third-order valence-corrected chi connectivity index (χ3v) is 4.93. The topological polar surface area (TPSA) is 111 Å². The van der Waals surface area contributed by atoms with Crippen molar-refractivity contribution >= 4 is 28.4 Å². The molecule has 0 saturated carbocycles. The Morgan fingerprint density at radius 3 is 2.56 bits per heavy atom. The molecule has 1 aromatic heterocycles. The van der Waals surface area contributed by atoms with E-state index in [2.05, 4.69) is 4.98 Å². The van der Waals surface area contributed by atoms with Gasteiger partial charge in [-0.25, -0.2) is 4.98 Å². The molecule has 36 heavy (non-hydrogen) atoms. The van der Waals surface area contributed by atoms with E-state index in [0.29, 0.717) is 28.8 Å². The number of ether oxygens (including phenoxy) is 2. The summed E-state index contributed by atoms with van der Waals surface area (Å²) in [6.45, 7) is 1.90. The SMILES string of the molecule is CCOc1cc(/C=C(\C#N)c2nc3ccccc3o2)ccc1Oc1ccc(C(F)(F)F)cc1[N+](=O)[O-]. The third kappa shape index (κ3) is 5.12. The highest BCUT2D eigenvalue weighted by molar-refractivity contribution is 5.89. The minimum atomic E-state index is -4.75. The Bertz CT molecular complexity index is 1490. The summed E-state index contributed by atoms with van der Waals surface area (Å²) in [4.78, 5) is 14.7. The minimum Gasteiger partial charge on any atom is -0.490 e. The molecule has 8 nitrogen and oxygen atoms in total. The highest BCUT2D eigenvalue weighted by Gasteiger charge is 2.33. The van der Waals surface area contributed by atoms with Crippen LogP contribution in [-0.4, -0.2) is 16.5 Å². The highest BCUT2D eigenvalue weighted by Crippen LogP contribution is 2.40. The Balaban J connectivity index is 1.69. The van der Waals surface area contributed by atoms with Crippen LogP contribution in [0.5, 0.6) is 17.2 Å². The van der Waals surface area contributed by atoms with Crippen LogP contribution in [0.1, 0.15) is 23.9 Å². The first kappa shape index (κ1) is 24.3. The molecule has 0 spiro atoms. The fourth-order valence-electron chi connectivity index (χ4n) is 3.30. The summed E-state index contributed by atoms with van der Waals surface area (Å²) in [6, 6.07) is 15.6. The lowest BCUT2D eigenvalue weighted by Gasteiger charge is -2.13. The number of nitrogens with zero attached hydrogens (tertiary/aromatic N) is 3. The lowest BCUT2D eigenvalue weighted by Crippen LogP contribution is -2.06. The summed E-state index contributed by atoms with van der Waals surface area (Å²) in [5, 5.41) is 21.0. The number of allylic oxidation sites excluding steroid dienone is 1. The minimum absolute atomic E-state index is 0.0391. The normalized spacial score (nSPS) is 11.8. The number of benzene rings is 3. The smallest absolute Gasteiger partial charge is 0.416 e. The average molecular weight is 495 g/mol. The number of nitriles is 1. The van der Waals surface area contributed by atoms with Gasteiger partial charge in [-0.1, -0.05) is 18.2 Å². The molecule has 0 fully saturated rings. The number of rotatable bonds is 7. The van der Waals surface area contributed by atoms with Crippen LogP contribution in [0.25, 0.3) is 22.7 Å². The fourth-order valence-corrected chi connectivity index (χ4v) is 3.30. The molecule has 0 saturated heterocycles. The highest BCUT2D eigenvalue weighted by atomic mass is 19.4. The van der Waals surface area contributed by atoms with Crippen LogP contribution < -0.4 is 9.47 Å². The second-order valence-corrected chi connectivity index (χ2v) is 7.34. The Kier molecular flexibility index (Phi) is 6.60. The first-order chi connectivity index (χ1) is 17.2. The van der Waals surface area contributed by atoms with Crippen LogP contribution in [-0.2, 0) is 6.18 Å². The van der Waals surface area contributed by atoms with Crippen molar-refractivity contribution in [2.75, 3.05) is 6.61 Å². The molecule has 4 aromatic rings. The van der Waals surface area contributed by atoms with Gasteiger partial charge >= 0.3 is 11.9 Å². The summed E-state index contributed by atoms with van der Waals surface area (Å²) in [5.74, 6) is -0.0636. The maximum Gasteiger partial charge on any atom is 0.416 e. The van der Waals surface area contributed by atoms with Crippen LogP contribution in [0.2, 0.25) is 0 Å². The lowest BCUT2D eigenvalue weighted by molar-refractivity contribution is -0.385. The van der Waals surface area contributed by atoms with Gasteiger partial charge in [-0.2, -0.15) is 18.4 Å². The van der Waals surface area contributed by atoms with E-state index in [0.717, 1.165) is 6.07 Å². The van der Waals surface area contributed by atoms with Gasteiger partial charge in [0.25, 0.3) is 0 Å². The Hall–Kier alpha value is -4.85. The second-order valence-electron chi connectivity index (χ2n) is 7.34. The second kappa shape index (κ2) is 9.79. The molecule has 0 aliphatic heterocycles. The van der Waals surface area contributed by atoms with Crippen LogP contribution >= 0.6 is 0 Å². The van der Waals surface area contributed by atoms with E-state index in [1.54, 1.807) is 37.3 Å². The number of aromatic nitrogens is 1. The lowest BCUT2D eigenvalue weighted by atomic mass is 10.1. The zero-order valence-electron chi connectivity index (χ0n) is 18.6. The van der Waals surface area contributed by atoms with Gasteiger partial charge in [-0.3, -0.25) is 10.1 Å². The van der Waals surface area contributed by atoms with Crippen molar-refractivity contribution in [3.8, 4) is 23.3 Å². The maximum atomic E-state index is 13.0. The molecule has 0 bridgehead atoms. The molecular weight excluding hydrogens is 479 g/mol. The summed E-state index contributed by atoms with van der Waals surface area (Å²) in [6.07, 6.45) is -3.24. The third-order valence-electron chi connectivity index (χ3n) is 4.93. The summed E-state index contributed by atoms with van der Waals surface area (Å²) in [5.41, 5.74) is -0.266. The predicted molar refractivity (Wildman–Crippen MR) is 123 cm³/mol. The molecule has 3 aromatic carbocycles. The van der Waals surface area contributed by atoms with Crippen molar-refractivity contribution in [1.82, 2.24) is 4.98 Å². The number of oxazole rings is 1. The first-order valence-corrected chi connectivity index (χ1v) is 10.5. The largest absolute Gasteiger partial charge is 0.490 e. The average Bonchev–Trinajstić information content (AvgIpc) is 3.27. The van der Waals surface area contributed by atoms with Crippen molar-refractivity contribution in [3.63, 3.8) is 0 Å². The number of hydrogen-bond donors (Lipinski definition) is 0. The molecule has 182 valence electrons. The van der Waals surface area contributed by atoms with Gasteiger partial charge in [-0.15, -0.1) is 0 Å². The molecular formula is C25H16F3N3O5. The van der Waals surface area contributed by atoms with Crippen molar-refractivity contribution < 1.29 is 32.0 Å². The molecule has 0 N–H and O–H groups in total. The van der Waals surface area contributed by atoms with Crippen LogP contribution in [0.3, 0.4) is 0 Å². The Morgan fingerprint density at radius 2 is 1.89 bits per heavy atom. The van der Waals surface area contributed by atoms with E-state index >= 15 is 0 Å². The van der Waals surface area contributed by atoms with Gasteiger partial charge < -0.3 is 13.9 Å². The number of halogens is 3. The van der Waals surface area contributed by atoms with Gasteiger partial charge in [-0.05, 0) is 55.0 Å². The van der Waals surface area contributed by atoms with Gasteiger partial charge in [0.2, 0.25) is 11.6 Å². The summed E-state index contributed by atoms with van der Waals surface area (Å²) in [7, 11) is 0. The molecule has 0 unspecified atom stereocenters. The van der Waals surface area contributed by atoms with E-state index < -0.39 is 22.4 Å². The number of para-hydroxylation sites is 2. The van der Waals surface area contributed by atoms with Gasteiger partial charge in [0.1, 0.15) is 17.2 Å². The van der Waals surface area contributed by atoms with Crippen molar-refractivity contribution in [3.05, 3.63) is 87.8 Å². The quantitative estimate of drug-likeness (QED) is 0.154. The molecule has 0 aliphatic rings. The number of alkyl halides is 3. The number of nitro groups is 1. The molecule has 4 rings (SSSR count). The monoisotopic (exact) mass is 495 g/mol. The zero-order valence-corrected chi connectivity index (χ0v) is 18.6. The molecule has 0 radical (unpaired) electrons. The van der Waals surface area contributed by atoms with E-state index in [9.17, 15) is 28.5 Å². The van der Waals surface area contributed by atoms with Gasteiger partial charge in [0.15, 0.2) is 17.1 Å². The number of hydrogen-bond acceptors (Lipinski definition) is 7. The van der Waals surface area contributed by atoms with E-state index in [4.69, 9.17) is 13.9 Å². The fraction of sp³-hybridized carbons (Fsp3) is 0.120. The van der Waals surface area contributed by atoms with Crippen LogP contribution in [0.15, 0.2) is 65.1 Å². The maximum absolute atomic E-state index is 13.0. The van der Waals surface area contributed by atoms with E-state index in [1.165, 1.54) is 18.2 Å². The van der Waals surface area contributed by atoms with E-state index in [1.807, 2.05) is 6.07 Å². The molecule has 0 amide bonds. The van der Waals surface area contributed by atoms with Crippen molar-refractivity contribution in [1.29, 1.82) is 5.26 Å². The first-order valence-electron chi connectivity index (χ1n) is 10.5. The number of fused-ring (bicyclic) bond motifs is 1. The summed E-state index contributed by atoms with van der Waals surface area (Å²) >= 11 is 0. The van der Waals surface area contributed by atoms with Crippen LogP contribution in [0, 0.1) is 21.4 Å². The zero-order chi connectivity index (χ0) is 25.9. The Labute approximate surface area is 202 Å².